The zero-order chi connectivity index (χ0) is 22.9. The molecule has 0 amide bonds. The molecule has 5 rings (SSSR count). The maximum absolute atomic E-state index is 11.9. The van der Waals surface area contributed by atoms with E-state index in [0.29, 0.717) is 24.9 Å². The molecule has 1 saturated heterocycles. The van der Waals surface area contributed by atoms with Crippen molar-refractivity contribution in [2.45, 2.75) is 25.9 Å². The average Bonchev–Trinajstić information content (AvgIpc) is 2.83. The quantitative estimate of drug-likeness (QED) is 0.543. The summed E-state index contributed by atoms with van der Waals surface area (Å²) < 4.78 is 6.65. The van der Waals surface area contributed by atoms with E-state index in [1.54, 1.807) is 0 Å². The highest BCUT2D eigenvalue weighted by atomic mass is 16.5. The molecule has 0 bridgehead atoms. The van der Waals surface area contributed by atoms with E-state index >= 15 is 0 Å². The second-order valence-electron chi connectivity index (χ2n) is 8.43. The summed E-state index contributed by atoms with van der Waals surface area (Å²) in [4.78, 5) is 38.5. The summed E-state index contributed by atoms with van der Waals surface area (Å²) in [6.45, 7) is 6.02. The Morgan fingerprint density at radius 1 is 1.18 bits per heavy atom. The molecule has 3 N–H and O–H groups in total. The number of fused-ring (bicyclic) bond motifs is 1. The lowest BCUT2D eigenvalue weighted by molar-refractivity contribution is 0.0984. The van der Waals surface area contributed by atoms with Crippen LogP contribution in [-0.4, -0.2) is 51.9 Å². The second kappa shape index (κ2) is 8.80. The maximum Gasteiger partial charge on any atom is 0.329 e. The van der Waals surface area contributed by atoms with Gasteiger partial charge in [-0.2, -0.15) is 0 Å². The largest absolute Gasteiger partial charge is 0.377 e. The van der Waals surface area contributed by atoms with Crippen LogP contribution in [0.4, 0.5) is 17.3 Å². The molecule has 2 aliphatic rings. The summed E-state index contributed by atoms with van der Waals surface area (Å²) in [6.07, 6.45) is 0.909. The summed E-state index contributed by atoms with van der Waals surface area (Å²) in [5.41, 5.74) is 3.05. The zero-order valence-electron chi connectivity index (χ0n) is 18.7. The number of rotatable bonds is 4. The van der Waals surface area contributed by atoms with Crippen molar-refractivity contribution in [1.82, 2.24) is 24.8 Å². The normalized spacial score (nSPS) is 18.1. The van der Waals surface area contributed by atoms with E-state index < -0.39 is 5.69 Å². The lowest BCUT2D eigenvalue weighted by atomic mass is 10.0. The van der Waals surface area contributed by atoms with E-state index in [0.717, 1.165) is 53.4 Å². The molecule has 2 aliphatic heterocycles. The predicted octanol–water partition coefficient (Wildman–Crippen LogP) is 1.14. The van der Waals surface area contributed by atoms with Crippen molar-refractivity contribution in [3.05, 3.63) is 62.4 Å². The molecule has 10 heteroatoms. The van der Waals surface area contributed by atoms with Crippen LogP contribution in [0.25, 0.3) is 11.4 Å². The third-order valence-corrected chi connectivity index (χ3v) is 6.12. The summed E-state index contributed by atoms with van der Waals surface area (Å²) in [5.74, 6) is 2.03. The fraction of sp³-hybridized carbons (Fsp3) is 0.391. The number of morpholine rings is 1. The van der Waals surface area contributed by atoms with E-state index in [-0.39, 0.29) is 11.6 Å². The fourth-order valence-electron chi connectivity index (χ4n) is 4.23. The van der Waals surface area contributed by atoms with Crippen LogP contribution < -0.4 is 26.8 Å². The highest BCUT2D eigenvalue weighted by Gasteiger charge is 2.27. The first-order valence-electron chi connectivity index (χ1n) is 11.1. The number of hydrogen-bond donors (Lipinski definition) is 3. The van der Waals surface area contributed by atoms with E-state index in [4.69, 9.17) is 14.7 Å². The Labute approximate surface area is 190 Å². The van der Waals surface area contributed by atoms with Crippen molar-refractivity contribution in [3.8, 4) is 11.4 Å². The molecular formula is C23H27N7O3. The van der Waals surface area contributed by atoms with Crippen molar-refractivity contribution < 1.29 is 4.74 Å². The number of H-pyrrole nitrogens is 1. The van der Waals surface area contributed by atoms with Crippen molar-refractivity contribution in [2.75, 3.05) is 36.5 Å². The van der Waals surface area contributed by atoms with E-state index in [1.165, 1.54) is 18.7 Å². The maximum atomic E-state index is 11.9. The van der Waals surface area contributed by atoms with Crippen molar-refractivity contribution in [1.29, 1.82) is 0 Å². The lowest BCUT2D eigenvalue weighted by Crippen LogP contribution is -2.45. The molecule has 0 aliphatic carbocycles. The van der Waals surface area contributed by atoms with Crippen LogP contribution in [0.5, 0.6) is 0 Å². The Kier molecular flexibility index (Phi) is 5.69. The molecule has 1 fully saturated rings. The van der Waals surface area contributed by atoms with Crippen LogP contribution in [0, 0.1) is 0 Å². The molecule has 2 aromatic heterocycles. The molecule has 0 radical (unpaired) electrons. The van der Waals surface area contributed by atoms with Gasteiger partial charge in [-0.15, -0.1) is 0 Å². The minimum absolute atomic E-state index is 0.257. The molecule has 1 aromatic carbocycles. The van der Waals surface area contributed by atoms with Gasteiger partial charge in [0.25, 0.3) is 5.56 Å². The molecule has 172 valence electrons. The lowest BCUT2D eigenvalue weighted by Gasteiger charge is -2.36. The van der Waals surface area contributed by atoms with Gasteiger partial charge < -0.3 is 20.3 Å². The van der Waals surface area contributed by atoms with Crippen LogP contribution in [0.1, 0.15) is 18.2 Å². The molecule has 0 saturated carbocycles. The summed E-state index contributed by atoms with van der Waals surface area (Å²) in [7, 11) is 1.43. The second-order valence-corrected chi connectivity index (χ2v) is 8.43. The monoisotopic (exact) mass is 449 g/mol. The van der Waals surface area contributed by atoms with Crippen molar-refractivity contribution in [2.24, 2.45) is 7.05 Å². The van der Waals surface area contributed by atoms with Crippen molar-refractivity contribution in [3.63, 3.8) is 0 Å². The fourth-order valence-corrected chi connectivity index (χ4v) is 4.23. The van der Waals surface area contributed by atoms with Gasteiger partial charge >= 0.3 is 5.69 Å². The van der Waals surface area contributed by atoms with Gasteiger partial charge in [0, 0.05) is 43.0 Å². The summed E-state index contributed by atoms with van der Waals surface area (Å²) in [5, 5.41) is 6.48. The number of benzene rings is 1. The number of anilines is 3. The summed E-state index contributed by atoms with van der Waals surface area (Å²) >= 11 is 0. The van der Waals surface area contributed by atoms with Gasteiger partial charge in [-0.1, -0.05) is 0 Å². The van der Waals surface area contributed by atoms with Gasteiger partial charge in [0.2, 0.25) is 0 Å². The van der Waals surface area contributed by atoms with Gasteiger partial charge in [-0.3, -0.25) is 14.3 Å². The highest BCUT2D eigenvalue weighted by molar-refractivity contribution is 5.65. The van der Waals surface area contributed by atoms with Crippen LogP contribution >= 0.6 is 0 Å². The minimum Gasteiger partial charge on any atom is -0.377 e. The first-order chi connectivity index (χ1) is 16.0. The Bertz CT molecular complexity index is 1250. The van der Waals surface area contributed by atoms with E-state index in [2.05, 4.69) is 27.4 Å². The topological polar surface area (TPSA) is 117 Å². The third-order valence-electron chi connectivity index (χ3n) is 6.12. The third kappa shape index (κ3) is 4.27. The number of aromatic amines is 1. The number of nitrogens with zero attached hydrogens (tertiary/aromatic N) is 4. The predicted molar refractivity (Wildman–Crippen MR) is 126 cm³/mol. The molecule has 1 atom stereocenters. The van der Waals surface area contributed by atoms with Gasteiger partial charge in [0.05, 0.1) is 24.9 Å². The SMILES string of the molecule is CC1COCCN1c1nc(-c2ccc(Nc3cc(=O)n(C)c(=O)[nH]3)cc2)nc2c1CCNC2. The Morgan fingerprint density at radius 2 is 2.00 bits per heavy atom. The van der Waals surface area contributed by atoms with Crippen LogP contribution in [-0.2, 0) is 24.8 Å². The highest BCUT2D eigenvalue weighted by Crippen LogP contribution is 2.30. The number of nitrogens with one attached hydrogen (secondary N) is 3. The first kappa shape index (κ1) is 21.4. The van der Waals surface area contributed by atoms with Crippen molar-refractivity contribution >= 4 is 17.3 Å². The Hall–Kier alpha value is -3.50. The van der Waals surface area contributed by atoms with Crippen LogP contribution in [0.2, 0.25) is 0 Å². The number of hydrogen-bond acceptors (Lipinski definition) is 8. The molecule has 4 heterocycles. The minimum atomic E-state index is -0.470. The smallest absolute Gasteiger partial charge is 0.329 e. The molecular weight excluding hydrogens is 422 g/mol. The van der Waals surface area contributed by atoms with Crippen LogP contribution in [0.15, 0.2) is 39.9 Å². The Balaban J connectivity index is 1.46. The zero-order valence-corrected chi connectivity index (χ0v) is 18.7. The van der Waals surface area contributed by atoms with Gasteiger partial charge in [-0.25, -0.2) is 14.8 Å². The van der Waals surface area contributed by atoms with Gasteiger partial charge in [-0.05, 0) is 44.2 Å². The Morgan fingerprint density at radius 3 is 2.76 bits per heavy atom. The molecule has 33 heavy (non-hydrogen) atoms. The molecule has 0 spiro atoms. The van der Waals surface area contributed by atoms with E-state index in [9.17, 15) is 9.59 Å². The average molecular weight is 450 g/mol. The van der Waals surface area contributed by atoms with E-state index in [1.807, 2.05) is 24.3 Å². The van der Waals surface area contributed by atoms with Gasteiger partial charge in [0.15, 0.2) is 5.82 Å². The molecule has 3 aromatic rings. The summed E-state index contributed by atoms with van der Waals surface area (Å²) in [6, 6.07) is 9.24. The number of ether oxygens (including phenoxy) is 1. The van der Waals surface area contributed by atoms with Crippen LogP contribution in [0.3, 0.4) is 0 Å². The number of aromatic nitrogens is 4. The standard InChI is InChI=1S/C23H27N7O3/c1-14-13-33-10-9-30(14)22-17-7-8-24-12-18(17)26-21(28-22)15-3-5-16(6-4-15)25-19-11-20(31)29(2)23(32)27-19/h3-6,11,14,24-25H,7-10,12-13H2,1-2H3,(H,27,32). The van der Waals surface area contributed by atoms with Gasteiger partial charge in [0.1, 0.15) is 11.6 Å². The molecule has 1 unspecified atom stereocenters. The molecule has 10 nitrogen and oxygen atoms in total. The first-order valence-corrected chi connectivity index (χ1v) is 11.1.